The van der Waals surface area contributed by atoms with Crippen molar-refractivity contribution in [2.75, 3.05) is 11.9 Å². The van der Waals surface area contributed by atoms with Crippen LogP contribution in [0, 0.1) is 6.92 Å². The first kappa shape index (κ1) is 11.5. The number of anilines is 1. The van der Waals surface area contributed by atoms with Gasteiger partial charge in [-0.2, -0.15) is 0 Å². The summed E-state index contributed by atoms with van der Waals surface area (Å²) in [6, 6.07) is 6.47. The second-order valence-corrected chi connectivity index (χ2v) is 5.02. The largest absolute Gasteiger partial charge is 0.382 e. The molecule has 1 heterocycles. The van der Waals surface area contributed by atoms with Gasteiger partial charge in [0.05, 0.1) is 0 Å². The highest BCUT2D eigenvalue weighted by Crippen LogP contribution is 2.23. The minimum Gasteiger partial charge on any atom is -0.382 e. The highest BCUT2D eigenvalue weighted by Gasteiger charge is 2.20. The molecule has 0 aliphatic carbocycles. The van der Waals surface area contributed by atoms with E-state index in [1.807, 2.05) is 0 Å². The molecule has 2 rings (SSSR count). The molecule has 0 radical (unpaired) electrons. The minimum absolute atomic E-state index is 0.162. The Bertz CT molecular complexity index is 406. The van der Waals surface area contributed by atoms with E-state index in [1.54, 1.807) is 0 Å². The average molecular weight is 283 g/mol. The molecule has 1 aliphatic rings. The van der Waals surface area contributed by atoms with E-state index in [0.717, 1.165) is 23.1 Å². The lowest BCUT2D eigenvalue weighted by molar-refractivity contribution is -0.119. The van der Waals surface area contributed by atoms with Crippen molar-refractivity contribution in [3.05, 3.63) is 28.2 Å². The molecule has 16 heavy (non-hydrogen) atoms. The van der Waals surface area contributed by atoms with Crippen molar-refractivity contribution in [2.24, 2.45) is 0 Å². The fourth-order valence-electron chi connectivity index (χ4n) is 1.83. The standard InChI is InChI=1S/C12H15BrN2O/c1-8-2-4-11(10(13)6-8)14-7-9-3-5-12(16)15-9/h2,4,6,9,14H,3,5,7H2,1H3,(H,15,16). The molecule has 4 heteroatoms. The molecular formula is C12H15BrN2O. The van der Waals surface area contributed by atoms with Crippen LogP contribution >= 0.6 is 15.9 Å². The first-order valence-corrected chi connectivity index (χ1v) is 6.24. The van der Waals surface area contributed by atoms with E-state index >= 15 is 0 Å². The number of carbonyl (C=O) groups is 1. The molecule has 0 spiro atoms. The van der Waals surface area contributed by atoms with Crippen molar-refractivity contribution in [3.8, 4) is 0 Å². The van der Waals surface area contributed by atoms with Crippen molar-refractivity contribution >= 4 is 27.5 Å². The smallest absolute Gasteiger partial charge is 0.220 e. The topological polar surface area (TPSA) is 41.1 Å². The number of hydrogen-bond acceptors (Lipinski definition) is 2. The summed E-state index contributed by atoms with van der Waals surface area (Å²) in [6.07, 6.45) is 1.58. The van der Waals surface area contributed by atoms with Gasteiger partial charge in [0.1, 0.15) is 0 Å². The minimum atomic E-state index is 0.162. The zero-order valence-electron chi connectivity index (χ0n) is 9.22. The number of benzene rings is 1. The molecule has 1 aromatic carbocycles. The van der Waals surface area contributed by atoms with Crippen LogP contribution in [0.4, 0.5) is 5.69 Å². The first-order valence-electron chi connectivity index (χ1n) is 5.44. The first-order chi connectivity index (χ1) is 7.65. The summed E-state index contributed by atoms with van der Waals surface area (Å²) in [4.78, 5) is 11.0. The highest BCUT2D eigenvalue weighted by molar-refractivity contribution is 9.10. The third-order valence-electron chi connectivity index (χ3n) is 2.75. The Morgan fingerprint density at radius 2 is 2.38 bits per heavy atom. The van der Waals surface area contributed by atoms with Crippen molar-refractivity contribution in [1.82, 2.24) is 5.32 Å². The van der Waals surface area contributed by atoms with E-state index in [-0.39, 0.29) is 11.9 Å². The monoisotopic (exact) mass is 282 g/mol. The molecule has 1 fully saturated rings. The van der Waals surface area contributed by atoms with E-state index in [9.17, 15) is 4.79 Å². The molecule has 1 amide bonds. The van der Waals surface area contributed by atoms with E-state index in [2.05, 4.69) is 51.7 Å². The van der Waals surface area contributed by atoms with Gasteiger partial charge in [-0.05, 0) is 47.0 Å². The molecule has 1 unspecified atom stereocenters. The predicted molar refractivity (Wildman–Crippen MR) is 68.5 cm³/mol. The second kappa shape index (κ2) is 4.87. The van der Waals surface area contributed by atoms with Crippen molar-refractivity contribution in [3.63, 3.8) is 0 Å². The van der Waals surface area contributed by atoms with Crippen LogP contribution in [-0.2, 0) is 4.79 Å². The maximum Gasteiger partial charge on any atom is 0.220 e. The summed E-state index contributed by atoms with van der Waals surface area (Å²) in [6.45, 7) is 2.85. The maximum absolute atomic E-state index is 11.0. The lowest BCUT2D eigenvalue weighted by Gasteiger charge is -2.13. The number of carbonyl (C=O) groups excluding carboxylic acids is 1. The Hall–Kier alpha value is -1.03. The van der Waals surface area contributed by atoms with Crippen LogP contribution in [0.5, 0.6) is 0 Å². The quantitative estimate of drug-likeness (QED) is 0.894. The molecule has 2 N–H and O–H groups in total. The van der Waals surface area contributed by atoms with Crippen LogP contribution in [0.25, 0.3) is 0 Å². The molecule has 1 aliphatic heterocycles. The molecular weight excluding hydrogens is 268 g/mol. The highest BCUT2D eigenvalue weighted by atomic mass is 79.9. The van der Waals surface area contributed by atoms with Crippen molar-refractivity contribution in [1.29, 1.82) is 0 Å². The zero-order chi connectivity index (χ0) is 11.5. The lowest BCUT2D eigenvalue weighted by Crippen LogP contribution is -2.31. The van der Waals surface area contributed by atoms with Crippen LogP contribution in [-0.4, -0.2) is 18.5 Å². The Morgan fingerprint density at radius 1 is 1.56 bits per heavy atom. The van der Waals surface area contributed by atoms with Gasteiger partial charge in [0.15, 0.2) is 0 Å². The Kier molecular flexibility index (Phi) is 3.49. The Morgan fingerprint density at radius 3 is 3.00 bits per heavy atom. The molecule has 86 valence electrons. The van der Waals surface area contributed by atoms with Gasteiger partial charge in [0, 0.05) is 29.2 Å². The summed E-state index contributed by atoms with van der Waals surface area (Å²) >= 11 is 3.52. The summed E-state index contributed by atoms with van der Waals surface area (Å²) in [7, 11) is 0. The number of nitrogens with one attached hydrogen (secondary N) is 2. The Labute approximate surface area is 104 Å². The molecule has 1 aromatic rings. The van der Waals surface area contributed by atoms with Crippen molar-refractivity contribution in [2.45, 2.75) is 25.8 Å². The third-order valence-corrected chi connectivity index (χ3v) is 3.40. The van der Waals surface area contributed by atoms with Gasteiger partial charge in [-0.25, -0.2) is 0 Å². The van der Waals surface area contributed by atoms with Crippen LogP contribution in [0.2, 0.25) is 0 Å². The molecule has 0 saturated carbocycles. The van der Waals surface area contributed by atoms with Gasteiger partial charge < -0.3 is 10.6 Å². The van der Waals surface area contributed by atoms with Crippen LogP contribution < -0.4 is 10.6 Å². The van der Waals surface area contributed by atoms with Gasteiger partial charge >= 0.3 is 0 Å². The van der Waals surface area contributed by atoms with Crippen molar-refractivity contribution < 1.29 is 4.79 Å². The molecule has 3 nitrogen and oxygen atoms in total. The number of hydrogen-bond donors (Lipinski definition) is 2. The number of halogens is 1. The van der Waals surface area contributed by atoms with Gasteiger partial charge in [0.25, 0.3) is 0 Å². The molecule has 0 aromatic heterocycles. The third kappa shape index (κ3) is 2.76. The van der Waals surface area contributed by atoms with Gasteiger partial charge in [0.2, 0.25) is 5.91 Å². The van der Waals surface area contributed by atoms with Gasteiger partial charge in [-0.15, -0.1) is 0 Å². The fraction of sp³-hybridized carbons (Fsp3) is 0.417. The van der Waals surface area contributed by atoms with E-state index < -0.39 is 0 Å². The number of rotatable bonds is 3. The number of aryl methyl sites for hydroxylation is 1. The summed E-state index contributed by atoms with van der Waals surface area (Å²) in [5.41, 5.74) is 2.30. The summed E-state index contributed by atoms with van der Waals surface area (Å²) in [5.74, 6) is 0.162. The van der Waals surface area contributed by atoms with Crippen LogP contribution in [0.3, 0.4) is 0 Å². The van der Waals surface area contributed by atoms with E-state index in [4.69, 9.17) is 0 Å². The SMILES string of the molecule is Cc1ccc(NCC2CCC(=O)N2)c(Br)c1. The average Bonchev–Trinajstić information content (AvgIpc) is 2.63. The lowest BCUT2D eigenvalue weighted by atomic mass is 10.2. The summed E-state index contributed by atoms with van der Waals surface area (Å²) < 4.78 is 1.07. The van der Waals surface area contributed by atoms with E-state index in [1.165, 1.54) is 5.56 Å². The van der Waals surface area contributed by atoms with Crippen LogP contribution in [0.15, 0.2) is 22.7 Å². The maximum atomic E-state index is 11.0. The van der Waals surface area contributed by atoms with Gasteiger partial charge in [-0.3, -0.25) is 4.79 Å². The molecule has 1 atom stereocenters. The Balaban J connectivity index is 1.92. The number of amides is 1. The fourth-order valence-corrected chi connectivity index (χ4v) is 2.46. The second-order valence-electron chi connectivity index (χ2n) is 4.17. The molecule has 0 bridgehead atoms. The zero-order valence-corrected chi connectivity index (χ0v) is 10.8. The van der Waals surface area contributed by atoms with Crippen LogP contribution in [0.1, 0.15) is 18.4 Å². The van der Waals surface area contributed by atoms with Gasteiger partial charge in [-0.1, -0.05) is 6.07 Å². The predicted octanol–water partition coefficient (Wildman–Crippen LogP) is 2.45. The molecule has 1 saturated heterocycles. The summed E-state index contributed by atoms with van der Waals surface area (Å²) in [5, 5.41) is 6.28. The van der Waals surface area contributed by atoms with E-state index in [0.29, 0.717) is 6.42 Å². The normalized spacial score (nSPS) is 19.6.